The molecule has 3 fully saturated rings. The number of hydrogen-bond donors (Lipinski definition) is 2. The third-order valence-corrected chi connectivity index (χ3v) is 8.06. The van der Waals surface area contributed by atoms with Gasteiger partial charge in [0.15, 0.2) is 17.3 Å². The maximum absolute atomic E-state index is 13.8. The molecule has 0 unspecified atom stereocenters. The van der Waals surface area contributed by atoms with Gasteiger partial charge in [0.25, 0.3) is 0 Å². The van der Waals surface area contributed by atoms with Crippen molar-refractivity contribution in [1.29, 1.82) is 5.41 Å². The Kier molecular flexibility index (Phi) is 5.29. The van der Waals surface area contributed by atoms with E-state index in [-0.39, 0.29) is 43.1 Å². The summed E-state index contributed by atoms with van der Waals surface area (Å²) in [5, 5.41) is 7.70. The van der Waals surface area contributed by atoms with Crippen LogP contribution in [0.5, 0.6) is 11.5 Å². The van der Waals surface area contributed by atoms with Gasteiger partial charge in [0, 0.05) is 38.3 Å². The monoisotopic (exact) mass is 492 g/mol. The first-order valence-corrected chi connectivity index (χ1v) is 11.9. The van der Waals surface area contributed by atoms with Crippen molar-refractivity contribution in [3.05, 3.63) is 59.2 Å². The SMILES string of the molecule is COC1(OC)C[C@H]2[C@@H]3C(=O)N(Cc4ccc5c(c4)OCO5)C(=O)[C@@H]3[C@H](c3ccc(C(=N)N)cc3)N2C1. The van der Waals surface area contributed by atoms with Crippen LogP contribution in [-0.2, 0) is 25.6 Å². The van der Waals surface area contributed by atoms with Crippen molar-refractivity contribution in [2.24, 2.45) is 17.6 Å². The largest absolute Gasteiger partial charge is 0.454 e. The van der Waals surface area contributed by atoms with E-state index in [4.69, 9.17) is 30.1 Å². The van der Waals surface area contributed by atoms with Crippen molar-refractivity contribution in [3.63, 3.8) is 0 Å². The van der Waals surface area contributed by atoms with Crippen LogP contribution in [0.25, 0.3) is 0 Å². The number of amidine groups is 1. The molecule has 2 amide bonds. The van der Waals surface area contributed by atoms with Crippen LogP contribution in [0.1, 0.15) is 29.2 Å². The van der Waals surface area contributed by atoms with E-state index in [1.165, 1.54) is 4.90 Å². The zero-order valence-electron chi connectivity index (χ0n) is 20.1. The summed E-state index contributed by atoms with van der Waals surface area (Å²) in [4.78, 5) is 31.2. The quantitative estimate of drug-likeness (QED) is 0.270. The number of nitrogens with one attached hydrogen (secondary N) is 1. The molecule has 3 N–H and O–H groups in total. The normalized spacial score (nSPS) is 28.0. The van der Waals surface area contributed by atoms with Crippen molar-refractivity contribution in [3.8, 4) is 11.5 Å². The molecule has 4 atom stereocenters. The number of nitrogen functional groups attached to an aromatic ring is 1. The van der Waals surface area contributed by atoms with Crippen molar-refractivity contribution >= 4 is 17.6 Å². The third kappa shape index (κ3) is 3.32. The Labute approximate surface area is 208 Å². The Hall–Kier alpha value is -3.47. The van der Waals surface area contributed by atoms with Crippen LogP contribution in [0.3, 0.4) is 0 Å². The van der Waals surface area contributed by atoms with Gasteiger partial charge < -0.3 is 24.7 Å². The molecule has 2 aromatic carbocycles. The smallest absolute Gasteiger partial charge is 0.235 e. The van der Waals surface area contributed by atoms with Crippen LogP contribution >= 0.6 is 0 Å². The zero-order valence-corrected chi connectivity index (χ0v) is 20.1. The molecule has 0 spiro atoms. The zero-order chi connectivity index (χ0) is 25.2. The highest BCUT2D eigenvalue weighted by molar-refractivity contribution is 6.06. The van der Waals surface area contributed by atoms with Gasteiger partial charge in [0.2, 0.25) is 18.6 Å². The number of ether oxygens (including phenoxy) is 4. The maximum Gasteiger partial charge on any atom is 0.235 e. The Bertz CT molecular complexity index is 1240. The summed E-state index contributed by atoms with van der Waals surface area (Å²) in [6.07, 6.45) is 0.486. The van der Waals surface area contributed by atoms with E-state index in [2.05, 4.69) is 4.90 Å². The molecule has 4 heterocycles. The number of nitrogens with zero attached hydrogens (tertiary/aromatic N) is 2. The van der Waals surface area contributed by atoms with Crippen LogP contribution in [0.2, 0.25) is 0 Å². The molecule has 188 valence electrons. The summed E-state index contributed by atoms with van der Waals surface area (Å²) < 4.78 is 22.4. The van der Waals surface area contributed by atoms with Gasteiger partial charge in [0.1, 0.15) is 5.84 Å². The number of amides is 2. The number of nitrogens with two attached hydrogens (primary N) is 1. The minimum atomic E-state index is -0.846. The molecular weight excluding hydrogens is 464 g/mol. The van der Waals surface area contributed by atoms with Gasteiger partial charge in [-0.1, -0.05) is 30.3 Å². The lowest BCUT2D eigenvalue weighted by atomic mass is 9.84. The first kappa shape index (κ1) is 23.0. The molecule has 36 heavy (non-hydrogen) atoms. The molecule has 4 aliphatic heterocycles. The maximum atomic E-state index is 13.8. The first-order valence-electron chi connectivity index (χ1n) is 11.9. The average molecular weight is 493 g/mol. The molecule has 4 aliphatic rings. The molecular formula is C26H28N4O6. The highest BCUT2D eigenvalue weighted by Gasteiger charge is 2.66. The van der Waals surface area contributed by atoms with Crippen molar-refractivity contribution in [2.45, 2.75) is 30.8 Å². The topological polar surface area (TPSA) is 127 Å². The summed E-state index contributed by atoms with van der Waals surface area (Å²) in [5.41, 5.74) is 7.94. The van der Waals surface area contributed by atoms with Gasteiger partial charge in [-0.15, -0.1) is 0 Å². The fourth-order valence-electron chi connectivity index (χ4n) is 6.27. The van der Waals surface area contributed by atoms with Crippen LogP contribution in [0.4, 0.5) is 0 Å². The number of benzene rings is 2. The van der Waals surface area contributed by atoms with Gasteiger partial charge in [0.05, 0.1) is 24.9 Å². The van der Waals surface area contributed by atoms with Crippen molar-refractivity contribution in [1.82, 2.24) is 9.80 Å². The summed E-state index contributed by atoms with van der Waals surface area (Å²) in [5.74, 6) is -0.988. The van der Waals surface area contributed by atoms with Gasteiger partial charge in [-0.2, -0.15) is 0 Å². The van der Waals surface area contributed by atoms with E-state index in [9.17, 15) is 9.59 Å². The standard InChI is InChI=1S/C26H28N4O6/c1-33-26(34-2)10-17-20-21(22(30(17)12-26)15-4-6-16(7-5-15)23(27)28)25(32)29(24(20)31)11-14-3-8-18-19(9-14)36-13-35-18/h3-9,17,20-22H,10-13H2,1-2H3,(H3,27,28)/t17-,20-,21-,22-/m0/s1. The molecule has 0 aliphatic carbocycles. The lowest BCUT2D eigenvalue weighted by Gasteiger charge is -2.31. The van der Waals surface area contributed by atoms with Crippen molar-refractivity contribution in [2.75, 3.05) is 27.6 Å². The van der Waals surface area contributed by atoms with E-state index in [1.807, 2.05) is 24.3 Å². The summed E-state index contributed by atoms with van der Waals surface area (Å²) in [7, 11) is 3.21. The van der Waals surface area contributed by atoms with E-state index in [1.54, 1.807) is 32.4 Å². The number of carbonyl (C=O) groups excluding carboxylic acids is 2. The number of carbonyl (C=O) groups is 2. The number of rotatable bonds is 6. The van der Waals surface area contributed by atoms with E-state index >= 15 is 0 Å². The molecule has 0 aromatic heterocycles. The average Bonchev–Trinajstić information content (AvgIpc) is 3.62. The first-order chi connectivity index (χ1) is 17.4. The third-order valence-electron chi connectivity index (χ3n) is 8.06. The lowest BCUT2D eigenvalue weighted by Crippen LogP contribution is -2.40. The minimum absolute atomic E-state index is 0.0234. The van der Waals surface area contributed by atoms with Crippen LogP contribution in [0, 0.1) is 17.2 Å². The minimum Gasteiger partial charge on any atom is -0.454 e. The number of imide groups is 1. The summed E-state index contributed by atoms with van der Waals surface area (Å²) >= 11 is 0. The van der Waals surface area contributed by atoms with E-state index in [0.29, 0.717) is 30.0 Å². The molecule has 0 radical (unpaired) electrons. The molecule has 10 nitrogen and oxygen atoms in total. The van der Waals surface area contributed by atoms with E-state index in [0.717, 1.165) is 11.1 Å². The van der Waals surface area contributed by atoms with Crippen LogP contribution in [-0.4, -0.2) is 66.8 Å². The number of hydrogen-bond acceptors (Lipinski definition) is 8. The molecule has 10 heteroatoms. The summed E-state index contributed by atoms with van der Waals surface area (Å²) in [6.45, 7) is 0.774. The fourth-order valence-corrected chi connectivity index (χ4v) is 6.27. The number of methoxy groups -OCH3 is 2. The predicted molar refractivity (Wildman–Crippen MR) is 127 cm³/mol. The van der Waals surface area contributed by atoms with Gasteiger partial charge in [-0.25, -0.2) is 0 Å². The number of likely N-dealkylation sites (tertiary alicyclic amines) is 1. The highest BCUT2D eigenvalue weighted by Crippen LogP contribution is 2.55. The highest BCUT2D eigenvalue weighted by atomic mass is 16.7. The Balaban J connectivity index is 1.35. The number of fused-ring (bicyclic) bond motifs is 4. The van der Waals surface area contributed by atoms with Crippen molar-refractivity contribution < 1.29 is 28.5 Å². The molecule has 0 saturated carbocycles. The lowest BCUT2D eigenvalue weighted by molar-refractivity contribution is -0.198. The molecule has 6 rings (SSSR count). The van der Waals surface area contributed by atoms with Gasteiger partial charge >= 0.3 is 0 Å². The second-order valence-electron chi connectivity index (χ2n) is 9.75. The Morgan fingerprint density at radius 3 is 2.44 bits per heavy atom. The second kappa shape index (κ2) is 8.29. The Morgan fingerprint density at radius 2 is 1.75 bits per heavy atom. The van der Waals surface area contributed by atoms with Gasteiger partial charge in [-0.05, 0) is 23.3 Å². The molecule has 2 aromatic rings. The second-order valence-corrected chi connectivity index (χ2v) is 9.75. The fraction of sp³-hybridized carbons (Fsp3) is 0.423. The van der Waals surface area contributed by atoms with Gasteiger partial charge in [-0.3, -0.25) is 24.8 Å². The predicted octanol–water partition coefficient (Wildman–Crippen LogP) is 1.62. The van der Waals surface area contributed by atoms with Crippen LogP contribution in [0.15, 0.2) is 42.5 Å². The van der Waals surface area contributed by atoms with E-state index < -0.39 is 17.6 Å². The summed E-state index contributed by atoms with van der Waals surface area (Å²) in [6, 6.07) is 12.3. The molecule has 3 saturated heterocycles. The Morgan fingerprint density at radius 1 is 1.06 bits per heavy atom. The van der Waals surface area contributed by atoms with Crippen LogP contribution < -0.4 is 15.2 Å². The molecule has 0 bridgehead atoms.